The molecule has 1 aromatic heterocycles. The largest absolute Gasteiger partial charge is 0.431 e. The van der Waals surface area contributed by atoms with Crippen molar-refractivity contribution in [1.82, 2.24) is 14.0 Å². The summed E-state index contributed by atoms with van der Waals surface area (Å²) in [5.41, 5.74) is 2.57. The number of carbonyl (C=O) groups excluding carboxylic acids is 1. The SMILES string of the molecule is Cc1ccc(C(C)C)cc1Nc1nc(C(=O)NS(=O)(=O)N2CCOC(COC(F)F)CC2)co1. The Hall–Kier alpha value is -2.61. The van der Waals surface area contributed by atoms with Crippen molar-refractivity contribution in [3.05, 3.63) is 41.3 Å². The lowest BCUT2D eigenvalue weighted by atomic mass is 10.0. The number of anilines is 2. The van der Waals surface area contributed by atoms with Gasteiger partial charge in [0, 0.05) is 18.8 Å². The summed E-state index contributed by atoms with van der Waals surface area (Å²) < 4.78 is 67.5. The van der Waals surface area contributed by atoms with Crippen LogP contribution in [0.4, 0.5) is 20.5 Å². The smallest absolute Gasteiger partial charge is 0.345 e. The first kappa shape index (κ1) is 26.0. The third-order valence-electron chi connectivity index (χ3n) is 5.27. The summed E-state index contributed by atoms with van der Waals surface area (Å²) in [5.74, 6) is -0.652. The molecular formula is C21H28F2N4O6S. The van der Waals surface area contributed by atoms with Gasteiger partial charge in [0.05, 0.1) is 19.3 Å². The Balaban J connectivity index is 1.61. The zero-order valence-electron chi connectivity index (χ0n) is 19.1. The van der Waals surface area contributed by atoms with Crippen molar-refractivity contribution in [1.29, 1.82) is 0 Å². The number of aromatic nitrogens is 1. The maximum Gasteiger partial charge on any atom is 0.345 e. The molecule has 1 unspecified atom stereocenters. The minimum absolute atomic E-state index is 0.0286. The van der Waals surface area contributed by atoms with Crippen LogP contribution in [-0.2, 0) is 19.7 Å². The maximum atomic E-state index is 12.7. The van der Waals surface area contributed by atoms with Gasteiger partial charge in [0.15, 0.2) is 5.69 Å². The Kier molecular flexibility index (Phi) is 8.57. The maximum absolute atomic E-state index is 12.7. The molecule has 1 aliphatic heterocycles. The monoisotopic (exact) mass is 502 g/mol. The number of nitrogens with zero attached hydrogens (tertiary/aromatic N) is 2. The van der Waals surface area contributed by atoms with Crippen LogP contribution in [0.5, 0.6) is 0 Å². The van der Waals surface area contributed by atoms with Crippen molar-refractivity contribution in [2.75, 3.05) is 31.6 Å². The van der Waals surface area contributed by atoms with Gasteiger partial charge in [-0.15, -0.1) is 0 Å². The van der Waals surface area contributed by atoms with E-state index in [1.807, 2.05) is 29.8 Å². The number of ether oxygens (including phenoxy) is 2. The van der Waals surface area contributed by atoms with Crippen LogP contribution in [0.25, 0.3) is 0 Å². The molecule has 3 rings (SSSR count). The molecule has 1 atom stereocenters. The van der Waals surface area contributed by atoms with Gasteiger partial charge in [-0.05, 0) is 36.5 Å². The Bertz CT molecular complexity index is 1090. The number of alkyl halides is 2. The molecule has 2 heterocycles. The molecule has 0 spiro atoms. The van der Waals surface area contributed by atoms with Crippen molar-refractivity contribution < 1.29 is 35.9 Å². The summed E-state index contributed by atoms with van der Waals surface area (Å²) in [4.78, 5) is 16.5. The Morgan fingerprint density at radius 2 is 2.09 bits per heavy atom. The summed E-state index contributed by atoms with van der Waals surface area (Å²) in [7, 11) is -4.22. The van der Waals surface area contributed by atoms with Crippen LogP contribution in [0.3, 0.4) is 0 Å². The zero-order chi connectivity index (χ0) is 24.9. The lowest BCUT2D eigenvalue weighted by molar-refractivity contribution is -0.153. The fourth-order valence-electron chi connectivity index (χ4n) is 3.27. The summed E-state index contributed by atoms with van der Waals surface area (Å²) in [5, 5.41) is 3.00. The van der Waals surface area contributed by atoms with Crippen LogP contribution in [0.15, 0.2) is 28.9 Å². The van der Waals surface area contributed by atoms with Crippen LogP contribution in [0.2, 0.25) is 0 Å². The van der Waals surface area contributed by atoms with Crippen molar-refractivity contribution in [3.8, 4) is 0 Å². The third kappa shape index (κ3) is 6.95. The van der Waals surface area contributed by atoms with Crippen molar-refractivity contribution in [3.63, 3.8) is 0 Å². The molecular weight excluding hydrogens is 474 g/mol. The summed E-state index contributed by atoms with van der Waals surface area (Å²) in [6, 6.07) is 5.97. The molecule has 1 amide bonds. The Morgan fingerprint density at radius 1 is 1.32 bits per heavy atom. The minimum Gasteiger partial charge on any atom is -0.431 e. The van der Waals surface area contributed by atoms with E-state index in [2.05, 4.69) is 28.9 Å². The van der Waals surface area contributed by atoms with E-state index in [-0.39, 0.29) is 44.4 Å². The molecule has 34 heavy (non-hydrogen) atoms. The van der Waals surface area contributed by atoms with Gasteiger partial charge in [0.1, 0.15) is 6.26 Å². The number of carbonyl (C=O) groups is 1. The van der Waals surface area contributed by atoms with E-state index in [4.69, 9.17) is 9.15 Å². The van der Waals surface area contributed by atoms with E-state index >= 15 is 0 Å². The third-order valence-corrected chi connectivity index (χ3v) is 6.76. The second kappa shape index (κ2) is 11.2. The van der Waals surface area contributed by atoms with Crippen LogP contribution in [-0.4, -0.2) is 62.6 Å². The predicted molar refractivity (Wildman–Crippen MR) is 119 cm³/mol. The molecule has 0 saturated carbocycles. The fourth-order valence-corrected chi connectivity index (χ4v) is 4.40. The summed E-state index contributed by atoms with van der Waals surface area (Å²) in [6.45, 7) is 2.64. The average Bonchev–Trinajstić information content (AvgIpc) is 3.09. The van der Waals surface area contributed by atoms with Crippen LogP contribution < -0.4 is 10.0 Å². The van der Waals surface area contributed by atoms with Gasteiger partial charge >= 0.3 is 16.8 Å². The first-order valence-electron chi connectivity index (χ1n) is 10.7. The molecule has 0 aliphatic carbocycles. The number of rotatable bonds is 9. The lowest BCUT2D eigenvalue weighted by Gasteiger charge is -2.19. The highest BCUT2D eigenvalue weighted by atomic mass is 32.2. The van der Waals surface area contributed by atoms with Crippen LogP contribution in [0.1, 0.15) is 47.8 Å². The van der Waals surface area contributed by atoms with Crippen molar-refractivity contribution in [2.24, 2.45) is 0 Å². The molecule has 0 radical (unpaired) electrons. The molecule has 188 valence electrons. The second-order valence-electron chi connectivity index (χ2n) is 8.10. The van der Waals surface area contributed by atoms with Crippen molar-refractivity contribution >= 4 is 27.8 Å². The highest BCUT2D eigenvalue weighted by Gasteiger charge is 2.29. The standard InChI is InChI=1S/C21H28F2N4O6S/c1-13(2)15-5-4-14(3)17(10-15)24-21-25-18(12-33-21)19(28)26-34(29,30)27-7-6-16(31-9-8-27)11-32-20(22)23/h4-5,10,12-13,16,20H,6-9,11H2,1-3H3,(H,24,25)(H,26,28). The molecule has 10 nitrogen and oxygen atoms in total. The average molecular weight is 503 g/mol. The number of hydrogen-bond donors (Lipinski definition) is 2. The molecule has 13 heteroatoms. The normalized spacial score (nSPS) is 17.7. The number of aryl methyl sites for hydroxylation is 1. The summed E-state index contributed by atoms with van der Waals surface area (Å²) in [6.07, 6.45) is 0.513. The van der Waals surface area contributed by atoms with Crippen LogP contribution in [0, 0.1) is 6.92 Å². The van der Waals surface area contributed by atoms with Gasteiger partial charge in [0.2, 0.25) is 0 Å². The van der Waals surface area contributed by atoms with E-state index < -0.39 is 28.8 Å². The predicted octanol–water partition coefficient (Wildman–Crippen LogP) is 3.15. The van der Waals surface area contributed by atoms with Crippen LogP contribution >= 0.6 is 0 Å². The number of benzene rings is 1. The first-order chi connectivity index (χ1) is 16.0. The van der Waals surface area contributed by atoms with Gasteiger partial charge in [0.25, 0.3) is 11.9 Å². The molecule has 1 aromatic carbocycles. The van der Waals surface area contributed by atoms with Gasteiger partial charge in [-0.3, -0.25) is 4.79 Å². The Labute approximate surface area is 196 Å². The molecule has 0 bridgehead atoms. The van der Waals surface area contributed by atoms with Gasteiger partial charge < -0.3 is 19.2 Å². The van der Waals surface area contributed by atoms with Crippen molar-refractivity contribution in [2.45, 2.75) is 45.8 Å². The van der Waals surface area contributed by atoms with Gasteiger partial charge in [-0.25, -0.2) is 4.72 Å². The van der Waals surface area contributed by atoms with E-state index in [0.717, 1.165) is 27.4 Å². The minimum atomic E-state index is -4.22. The number of halogens is 2. The quantitative estimate of drug-likeness (QED) is 0.536. The number of oxazole rings is 1. The molecule has 2 aromatic rings. The number of nitrogens with one attached hydrogen (secondary N) is 2. The molecule has 2 N–H and O–H groups in total. The van der Waals surface area contributed by atoms with E-state index in [9.17, 15) is 22.0 Å². The molecule has 1 aliphatic rings. The number of amides is 1. The highest BCUT2D eigenvalue weighted by molar-refractivity contribution is 7.87. The van der Waals surface area contributed by atoms with E-state index in [1.54, 1.807) is 0 Å². The topological polar surface area (TPSA) is 123 Å². The zero-order valence-corrected chi connectivity index (χ0v) is 19.9. The fraction of sp³-hybridized carbons (Fsp3) is 0.524. The Morgan fingerprint density at radius 3 is 2.79 bits per heavy atom. The van der Waals surface area contributed by atoms with E-state index in [0.29, 0.717) is 5.92 Å². The van der Waals surface area contributed by atoms with E-state index in [1.165, 1.54) is 0 Å². The van der Waals surface area contributed by atoms with Gasteiger partial charge in [-0.2, -0.15) is 26.5 Å². The number of hydrogen-bond acceptors (Lipinski definition) is 8. The molecule has 1 fully saturated rings. The lowest BCUT2D eigenvalue weighted by Crippen LogP contribution is -2.44. The van der Waals surface area contributed by atoms with Gasteiger partial charge in [-0.1, -0.05) is 26.0 Å². The highest BCUT2D eigenvalue weighted by Crippen LogP contribution is 2.25. The molecule has 1 saturated heterocycles. The second-order valence-corrected chi connectivity index (χ2v) is 9.77. The summed E-state index contributed by atoms with van der Waals surface area (Å²) >= 11 is 0. The first-order valence-corrected chi connectivity index (χ1v) is 12.2.